The summed E-state index contributed by atoms with van der Waals surface area (Å²) >= 11 is 0. The van der Waals surface area contributed by atoms with Crippen LogP contribution in [0.3, 0.4) is 0 Å². The predicted molar refractivity (Wildman–Crippen MR) is 65.0 cm³/mol. The van der Waals surface area contributed by atoms with E-state index in [0.29, 0.717) is 18.9 Å². The third-order valence-corrected chi connectivity index (χ3v) is 2.90. The average molecular weight is 234 g/mol. The van der Waals surface area contributed by atoms with Crippen molar-refractivity contribution in [2.24, 2.45) is 5.92 Å². The topological polar surface area (TPSA) is 50.4 Å². The van der Waals surface area contributed by atoms with Crippen molar-refractivity contribution in [3.8, 4) is 0 Å². The lowest BCUT2D eigenvalue weighted by molar-refractivity contribution is -0.135. The minimum Gasteiger partial charge on any atom is -0.316 e. The standard InChI is InChI=1S/C13H18N2O2/c16-13(8-12-6-7-14-9-12)15-17-10-11-4-2-1-3-5-11/h1-5,12,14H,6-10H2,(H,15,16). The van der Waals surface area contributed by atoms with Gasteiger partial charge in [-0.2, -0.15) is 0 Å². The number of carbonyl (C=O) groups is 1. The van der Waals surface area contributed by atoms with Crippen molar-refractivity contribution < 1.29 is 9.63 Å². The molecule has 2 N–H and O–H groups in total. The lowest BCUT2D eigenvalue weighted by atomic mass is 10.1. The van der Waals surface area contributed by atoms with Gasteiger partial charge in [0.1, 0.15) is 0 Å². The van der Waals surface area contributed by atoms with Gasteiger partial charge < -0.3 is 5.32 Å². The first-order chi connectivity index (χ1) is 8.34. The molecule has 92 valence electrons. The molecule has 4 nitrogen and oxygen atoms in total. The second-order valence-electron chi connectivity index (χ2n) is 4.36. The van der Waals surface area contributed by atoms with Crippen molar-refractivity contribution in [3.05, 3.63) is 35.9 Å². The maximum absolute atomic E-state index is 11.5. The SMILES string of the molecule is O=C(CC1CCNC1)NOCc1ccccc1. The van der Waals surface area contributed by atoms with Gasteiger partial charge >= 0.3 is 0 Å². The minimum absolute atomic E-state index is 0.0327. The van der Waals surface area contributed by atoms with Crippen LogP contribution in [0.2, 0.25) is 0 Å². The third kappa shape index (κ3) is 4.17. The van der Waals surface area contributed by atoms with Crippen LogP contribution in [0.1, 0.15) is 18.4 Å². The van der Waals surface area contributed by atoms with Crippen molar-refractivity contribution in [2.75, 3.05) is 13.1 Å². The van der Waals surface area contributed by atoms with Gasteiger partial charge in [-0.1, -0.05) is 30.3 Å². The summed E-state index contributed by atoms with van der Waals surface area (Å²) in [5.74, 6) is 0.421. The zero-order chi connectivity index (χ0) is 11.9. The van der Waals surface area contributed by atoms with Crippen LogP contribution in [0.25, 0.3) is 0 Å². The summed E-state index contributed by atoms with van der Waals surface area (Å²) in [5.41, 5.74) is 3.54. The molecule has 1 heterocycles. The first kappa shape index (κ1) is 12.1. The Labute approximate surface area is 101 Å². The highest BCUT2D eigenvalue weighted by Crippen LogP contribution is 2.11. The summed E-state index contributed by atoms with van der Waals surface area (Å²) in [5, 5.41) is 3.24. The molecule has 1 aliphatic rings. The number of hydrogen-bond donors (Lipinski definition) is 2. The molecule has 0 spiro atoms. The fourth-order valence-electron chi connectivity index (χ4n) is 1.97. The van der Waals surface area contributed by atoms with E-state index in [9.17, 15) is 4.79 Å². The molecule has 1 unspecified atom stereocenters. The number of nitrogens with one attached hydrogen (secondary N) is 2. The smallest absolute Gasteiger partial charge is 0.243 e. The highest BCUT2D eigenvalue weighted by molar-refractivity contribution is 5.75. The Morgan fingerprint density at radius 2 is 2.24 bits per heavy atom. The summed E-state index contributed by atoms with van der Waals surface area (Å²) in [6, 6.07) is 9.78. The molecule has 0 bridgehead atoms. The van der Waals surface area contributed by atoms with Crippen LogP contribution in [0.5, 0.6) is 0 Å². The molecule has 1 aliphatic heterocycles. The summed E-state index contributed by atoms with van der Waals surface area (Å²) in [6.07, 6.45) is 1.62. The van der Waals surface area contributed by atoms with Crippen LogP contribution in [0.4, 0.5) is 0 Å². The third-order valence-electron chi connectivity index (χ3n) is 2.90. The van der Waals surface area contributed by atoms with Crippen LogP contribution in [-0.2, 0) is 16.2 Å². The monoisotopic (exact) mass is 234 g/mol. The highest BCUT2D eigenvalue weighted by atomic mass is 16.6. The van der Waals surface area contributed by atoms with Crippen LogP contribution < -0.4 is 10.8 Å². The normalized spacial score (nSPS) is 19.2. The number of amides is 1. The molecule has 2 rings (SSSR count). The van der Waals surface area contributed by atoms with Crippen molar-refractivity contribution >= 4 is 5.91 Å². The first-order valence-corrected chi connectivity index (χ1v) is 6.00. The van der Waals surface area contributed by atoms with E-state index in [4.69, 9.17) is 4.84 Å². The van der Waals surface area contributed by atoms with Crippen molar-refractivity contribution in [1.82, 2.24) is 10.8 Å². The molecule has 1 fully saturated rings. The maximum atomic E-state index is 11.5. The molecular weight excluding hydrogens is 216 g/mol. The second kappa shape index (κ2) is 6.37. The van der Waals surface area contributed by atoms with Crippen molar-refractivity contribution in [1.29, 1.82) is 0 Å². The second-order valence-corrected chi connectivity index (χ2v) is 4.36. The predicted octanol–water partition coefficient (Wildman–Crippen LogP) is 1.23. The quantitative estimate of drug-likeness (QED) is 0.753. The van der Waals surface area contributed by atoms with Crippen molar-refractivity contribution in [3.63, 3.8) is 0 Å². The van der Waals surface area contributed by atoms with Gasteiger partial charge in [-0.3, -0.25) is 9.63 Å². The van der Waals surface area contributed by atoms with Gasteiger partial charge in [0, 0.05) is 6.42 Å². The van der Waals surface area contributed by atoms with Gasteiger partial charge in [-0.15, -0.1) is 0 Å². The number of rotatable bonds is 5. The molecule has 0 aliphatic carbocycles. The number of benzene rings is 1. The van der Waals surface area contributed by atoms with Gasteiger partial charge in [0.05, 0.1) is 6.61 Å². The molecule has 17 heavy (non-hydrogen) atoms. The van der Waals surface area contributed by atoms with Crippen LogP contribution in [0, 0.1) is 5.92 Å². The number of carbonyl (C=O) groups excluding carboxylic acids is 1. The van der Waals surface area contributed by atoms with E-state index in [1.165, 1.54) is 0 Å². The number of hydrogen-bond acceptors (Lipinski definition) is 3. The largest absolute Gasteiger partial charge is 0.316 e. The van der Waals surface area contributed by atoms with E-state index in [2.05, 4.69) is 10.8 Å². The van der Waals surface area contributed by atoms with Gasteiger partial charge in [0.15, 0.2) is 0 Å². The molecule has 1 aromatic carbocycles. The van der Waals surface area contributed by atoms with Crippen LogP contribution in [-0.4, -0.2) is 19.0 Å². The average Bonchev–Trinajstić information content (AvgIpc) is 2.83. The van der Waals surface area contributed by atoms with Crippen LogP contribution in [0.15, 0.2) is 30.3 Å². The van der Waals surface area contributed by atoms with Gasteiger partial charge in [-0.25, -0.2) is 5.48 Å². The van der Waals surface area contributed by atoms with Gasteiger partial charge in [0.25, 0.3) is 0 Å². The van der Waals surface area contributed by atoms with Crippen molar-refractivity contribution in [2.45, 2.75) is 19.4 Å². The lowest BCUT2D eigenvalue weighted by Crippen LogP contribution is -2.26. The Hall–Kier alpha value is -1.39. The summed E-state index contributed by atoms with van der Waals surface area (Å²) in [6.45, 7) is 2.37. The Morgan fingerprint density at radius 1 is 1.41 bits per heavy atom. The maximum Gasteiger partial charge on any atom is 0.243 e. The zero-order valence-electron chi connectivity index (χ0n) is 9.82. The Kier molecular flexibility index (Phi) is 4.53. The van der Waals surface area contributed by atoms with Gasteiger partial charge in [0.2, 0.25) is 5.91 Å². The van der Waals surface area contributed by atoms with Crippen LogP contribution >= 0.6 is 0 Å². The summed E-state index contributed by atoms with van der Waals surface area (Å²) < 4.78 is 0. The summed E-state index contributed by atoms with van der Waals surface area (Å²) in [7, 11) is 0. The zero-order valence-corrected chi connectivity index (χ0v) is 9.82. The van der Waals surface area contributed by atoms with Gasteiger partial charge in [-0.05, 0) is 31.0 Å². The van der Waals surface area contributed by atoms with E-state index in [1.54, 1.807) is 0 Å². The molecule has 4 heteroatoms. The number of hydroxylamine groups is 1. The molecule has 0 aromatic heterocycles. The fraction of sp³-hybridized carbons (Fsp3) is 0.462. The Bertz CT molecular complexity index is 348. The Balaban J connectivity index is 1.63. The molecular formula is C13H18N2O2. The molecule has 0 radical (unpaired) electrons. The fourth-order valence-corrected chi connectivity index (χ4v) is 1.97. The van der Waals surface area contributed by atoms with E-state index >= 15 is 0 Å². The Morgan fingerprint density at radius 3 is 2.94 bits per heavy atom. The molecule has 1 atom stereocenters. The summed E-state index contributed by atoms with van der Waals surface area (Å²) in [4.78, 5) is 16.7. The molecule has 1 saturated heterocycles. The first-order valence-electron chi connectivity index (χ1n) is 6.00. The molecule has 0 saturated carbocycles. The van der Waals surface area contributed by atoms with E-state index in [-0.39, 0.29) is 5.91 Å². The highest BCUT2D eigenvalue weighted by Gasteiger charge is 2.17. The van der Waals surface area contributed by atoms with E-state index < -0.39 is 0 Å². The minimum atomic E-state index is -0.0327. The lowest BCUT2D eigenvalue weighted by Gasteiger charge is -2.09. The van der Waals surface area contributed by atoms with E-state index in [0.717, 1.165) is 25.1 Å². The molecule has 1 aromatic rings. The van der Waals surface area contributed by atoms with E-state index in [1.807, 2.05) is 30.3 Å². The molecule has 1 amide bonds.